The maximum Gasteiger partial charge on any atom is 0.242 e. The maximum absolute atomic E-state index is 12.4. The molecule has 0 radical (unpaired) electrons. The first-order chi connectivity index (χ1) is 11.0. The second-order valence-corrected chi connectivity index (χ2v) is 6.89. The van der Waals surface area contributed by atoms with Gasteiger partial charge in [-0.05, 0) is 25.0 Å². The molecule has 3 rings (SSSR count). The number of nitrogens with zero attached hydrogens (tertiary/aromatic N) is 3. The van der Waals surface area contributed by atoms with Crippen molar-refractivity contribution in [1.82, 2.24) is 9.88 Å². The van der Waals surface area contributed by atoms with E-state index >= 15 is 0 Å². The number of carbonyl (C=O) groups is 2. The normalized spacial score (nSPS) is 15.8. The summed E-state index contributed by atoms with van der Waals surface area (Å²) in [6.07, 6.45) is 1.32. The number of piperidine rings is 1. The van der Waals surface area contributed by atoms with Gasteiger partial charge in [0.05, 0.1) is 16.8 Å². The molecule has 7 heteroatoms. The van der Waals surface area contributed by atoms with Gasteiger partial charge in [-0.3, -0.25) is 9.59 Å². The lowest BCUT2D eigenvalue weighted by Crippen LogP contribution is -2.45. The van der Waals surface area contributed by atoms with Gasteiger partial charge in [-0.15, -0.1) is 0 Å². The minimum Gasteiger partial charge on any atom is -0.369 e. The number of carbonyl (C=O) groups excluding carboxylic acids is 2. The van der Waals surface area contributed by atoms with Gasteiger partial charge in [0, 0.05) is 26.1 Å². The lowest BCUT2D eigenvalue weighted by molar-refractivity contribution is -0.133. The molecule has 2 heterocycles. The Morgan fingerprint density at radius 1 is 1.35 bits per heavy atom. The molecule has 0 saturated carbocycles. The van der Waals surface area contributed by atoms with Crippen molar-refractivity contribution in [3.8, 4) is 0 Å². The van der Waals surface area contributed by atoms with E-state index in [4.69, 9.17) is 5.73 Å². The zero-order valence-corrected chi connectivity index (χ0v) is 13.9. The zero-order valence-electron chi connectivity index (χ0n) is 13.1. The van der Waals surface area contributed by atoms with Gasteiger partial charge in [-0.25, -0.2) is 4.98 Å². The monoisotopic (exact) mass is 332 g/mol. The van der Waals surface area contributed by atoms with Crippen LogP contribution in [0.2, 0.25) is 0 Å². The van der Waals surface area contributed by atoms with Gasteiger partial charge in [0.25, 0.3) is 0 Å². The molecule has 1 fully saturated rings. The second kappa shape index (κ2) is 6.54. The minimum atomic E-state index is -0.260. The molecular formula is C16H20N4O2S. The van der Waals surface area contributed by atoms with Crippen LogP contribution in [0, 0.1) is 5.92 Å². The third-order valence-electron chi connectivity index (χ3n) is 4.23. The Morgan fingerprint density at radius 2 is 2.04 bits per heavy atom. The summed E-state index contributed by atoms with van der Waals surface area (Å²) in [7, 11) is 1.88. The Morgan fingerprint density at radius 3 is 2.70 bits per heavy atom. The average Bonchev–Trinajstić information content (AvgIpc) is 2.99. The fraction of sp³-hybridized carbons (Fsp3) is 0.438. The molecule has 2 N–H and O–H groups in total. The summed E-state index contributed by atoms with van der Waals surface area (Å²) in [4.78, 5) is 31.9. The van der Waals surface area contributed by atoms with Crippen LogP contribution in [-0.2, 0) is 9.59 Å². The summed E-state index contributed by atoms with van der Waals surface area (Å²) in [5.74, 6) is -0.292. The Labute approximate surface area is 138 Å². The van der Waals surface area contributed by atoms with Crippen LogP contribution in [0.1, 0.15) is 12.8 Å². The fourth-order valence-corrected chi connectivity index (χ4v) is 3.73. The molecule has 1 aromatic heterocycles. The summed E-state index contributed by atoms with van der Waals surface area (Å²) < 4.78 is 1.11. The number of nitrogens with two attached hydrogens (primary N) is 1. The number of aromatic nitrogens is 1. The molecule has 0 bridgehead atoms. The number of rotatable bonds is 4. The number of anilines is 1. The van der Waals surface area contributed by atoms with E-state index in [9.17, 15) is 9.59 Å². The molecule has 1 aromatic carbocycles. The van der Waals surface area contributed by atoms with Gasteiger partial charge in [-0.1, -0.05) is 23.5 Å². The van der Waals surface area contributed by atoms with E-state index in [-0.39, 0.29) is 17.7 Å². The molecule has 122 valence electrons. The van der Waals surface area contributed by atoms with Gasteiger partial charge in [0.2, 0.25) is 11.8 Å². The Bertz CT molecular complexity index is 689. The first kappa shape index (κ1) is 15.7. The Hall–Kier alpha value is -2.15. The van der Waals surface area contributed by atoms with E-state index < -0.39 is 0 Å². The van der Waals surface area contributed by atoms with Crippen LogP contribution >= 0.6 is 11.3 Å². The molecule has 0 unspecified atom stereocenters. The second-order valence-electron chi connectivity index (χ2n) is 5.88. The Balaban J connectivity index is 1.60. The van der Waals surface area contributed by atoms with E-state index in [0.717, 1.165) is 15.3 Å². The van der Waals surface area contributed by atoms with Gasteiger partial charge in [-0.2, -0.15) is 0 Å². The van der Waals surface area contributed by atoms with E-state index in [2.05, 4.69) is 4.98 Å². The summed E-state index contributed by atoms with van der Waals surface area (Å²) in [5, 5.41) is 0.839. The maximum atomic E-state index is 12.4. The number of amides is 2. The Kier molecular flexibility index (Phi) is 4.47. The molecule has 0 spiro atoms. The smallest absolute Gasteiger partial charge is 0.242 e. The van der Waals surface area contributed by atoms with Gasteiger partial charge >= 0.3 is 0 Å². The van der Waals surface area contributed by atoms with Crippen molar-refractivity contribution in [2.75, 3.05) is 31.6 Å². The third-order valence-corrected chi connectivity index (χ3v) is 5.38. The van der Waals surface area contributed by atoms with Gasteiger partial charge in [0.1, 0.15) is 0 Å². The number of benzene rings is 1. The van der Waals surface area contributed by atoms with Crippen LogP contribution in [-0.4, -0.2) is 48.4 Å². The highest BCUT2D eigenvalue weighted by Crippen LogP contribution is 2.27. The van der Waals surface area contributed by atoms with Crippen LogP contribution < -0.4 is 10.6 Å². The first-order valence-electron chi connectivity index (χ1n) is 7.68. The standard InChI is InChI=1S/C16H20N4O2S/c1-19(16-18-12-4-2-3-5-13(12)23-16)10-14(21)20-8-6-11(7-9-20)15(17)22/h2-5,11H,6-10H2,1H3,(H2,17,22). The molecule has 1 saturated heterocycles. The molecular weight excluding hydrogens is 312 g/mol. The lowest BCUT2D eigenvalue weighted by atomic mass is 9.96. The summed E-state index contributed by atoms with van der Waals surface area (Å²) in [5.41, 5.74) is 6.28. The number of thiazole rings is 1. The molecule has 1 aliphatic rings. The average molecular weight is 332 g/mol. The molecule has 23 heavy (non-hydrogen) atoms. The lowest BCUT2D eigenvalue weighted by Gasteiger charge is -2.31. The van der Waals surface area contributed by atoms with Crippen LogP contribution in [0.3, 0.4) is 0 Å². The van der Waals surface area contributed by atoms with E-state index in [1.165, 1.54) is 0 Å². The largest absolute Gasteiger partial charge is 0.369 e. The van der Waals surface area contributed by atoms with Crippen LogP contribution in [0.15, 0.2) is 24.3 Å². The molecule has 2 aromatic rings. The first-order valence-corrected chi connectivity index (χ1v) is 8.50. The summed E-state index contributed by atoms with van der Waals surface area (Å²) >= 11 is 1.58. The number of fused-ring (bicyclic) bond motifs is 1. The van der Waals surface area contributed by atoms with Gasteiger partial charge in [0.15, 0.2) is 5.13 Å². The number of hydrogen-bond acceptors (Lipinski definition) is 5. The highest BCUT2D eigenvalue weighted by Gasteiger charge is 2.26. The van der Waals surface area contributed by atoms with Crippen molar-refractivity contribution in [3.05, 3.63) is 24.3 Å². The van der Waals surface area contributed by atoms with Crippen molar-refractivity contribution in [1.29, 1.82) is 0 Å². The third kappa shape index (κ3) is 3.44. The molecule has 0 aliphatic carbocycles. The van der Waals surface area contributed by atoms with Crippen molar-refractivity contribution in [2.24, 2.45) is 11.7 Å². The number of hydrogen-bond donors (Lipinski definition) is 1. The predicted molar refractivity (Wildman–Crippen MR) is 91.4 cm³/mol. The van der Waals surface area contributed by atoms with E-state index in [1.807, 2.05) is 41.1 Å². The van der Waals surface area contributed by atoms with Crippen molar-refractivity contribution < 1.29 is 9.59 Å². The highest BCUT2D eigenvalue weighted by atomic mass is 32.1. The van der Waals surface area contributed by atoms with E-state index in [1.54, 1.807) is 11.3 Å². The predicted octanol–water partition coefficient (Wildman–Crippen LogP) is 1.46. The quantitative estimate of drug-likeness (QED) is 0.919. The molecule has 2 amide bonds. The molecule has 1 aliphatic heterocycles. The van der Waals surface area contributed by atoms with E-state index in [0.29, 0.717) is 32.5 Å². The van der Waals surface area contributed by atoms with Crippen LogP contribution in [0.5, 0.6) is 0 Å². The summed E-state index contributed by atoms with van der Waals surface area (Å²) in [6, 6.07) is 7.94. The fourth-order valence-electron chi connectivity index (χ4n) is 2.81. The van der Waals surface area contributed by atoms with Crippen molar-refractivity contribution in [3.63, 3.8) is 0 Å². The zero-order chi connectivity index (χ0) is 16.4. The number of likely N-dealkylation sites (tertiary alicyclic amines) is 1. The number of primary amides is 1. The van der Waals surface area contributed by atoms with Crippen molar-refractivity contribution >= 4 is 38.5 Å². The number of likely N-dealkylation sites (N-methyl/N-ethyl adjacent to an activating group) is 1. The topological polar surface area (TPSA) is 79.5 Å². The van der Waals surface area contributed by atoms with Crippen LogP contribution in [0.25, 0.3) is 10.2 Å². The summed E-state index contributed by atoms with van der Waals surface area (Å²) in [6.45, 7) is 1.49. The molecule has 6 nitrogen and oxygen atoms in total. The highest BCUT2D eigenvalue weighted by molar-refractivity contribution is 7.22. The van der Waals surface area contributed by atoms with Crippen molar-refractivity contribution in [2.45, 2.75) is 12.8 Å². The minimum absolute atomic E-state index is 0.0645. The van der Waals surface area contributed by atoms with Crippen LogP contribution in [0.4, 0.5) is 5.13 Å². The molecule has 0 atom stereocenters. The SMILES string of the molecule is CN(CC(=O)N1CCC(C(N)=O)CC1)c1nc2ccccc2s1. The number of para-hydroxylation sites is 1. The van der Waals surface area contributed by atoms with Gasteiger partial charge < -0.3 is 15.5 Å².